The number of hydrogen-bond donors (Lipinski definition) is 1. The van der Waals surface area contributed by atoms with Gasteiger partial charge in [-0.15, -0.1) is 12.3 Å². The first-order valence-electron chi connectivity index (χ1n) is 5.37. The number of hydrogen-bond acceptors (Lipinski definition) is 2. The molecule has 15 heavy (non-hydrogen) atoms. The molecular formula is C13H18N2. The lowest BCUT2D eigenvalue weighted by molar-refractivity contribution is 0.539. The van der Waals surface area contributed by atoms with Crippen molar-refractivity contribution in [2.24, 2.45) is 0 Å². The van der Waals surface area contributed by atoms with Crippen molar-refractivity contribution in [3.05, 3.63) is 29.6 Å². The summed E-state index contributed by atoms with van der Waals surface area (Å²) in [6.45, 7) is 5.23. The average Bonchev–Trinajstić information content (AvgIpc) is 2.25. The molecule has 2 nitrogen and oxygen atoms in total. The van der Waals surface area contributed by atoms with Crippen LogP contribution in [0, 0.1) is 19.3 Å². The van der Waals surface area contributed by atoms with Gasteiger partial charge >= 0.3 is 0 Å². The van der Waals surface area contributed by atoms with Crippen LogP contribution < -0.4 is 5.32 Å². The van der Waals surface area contributed by atoms with Crippen molar-refractivity contribution in [2.45, 2.75) is 32.7 Å². The lowest BCUT2D eigenvalue weighted by atomic mass is 10.0. The molecule has 80 valence electrons. The zero-order chi connectivity index (χ0) is 11.1. The highest BCUT2D eigenvalue weighted by Gasteiger charge is 2.11. The maximum absolute atomic E-state index is 5.38. The Morgan fingerprint density at radius 3 is 3.00 bits per heavy atom. The van der Waals surface area contributed by atoms with Crippen molar-refractivity contribution in [1.29, 1.82) is 0 Å². The summed E-state index contributed by atoms with van der Waals surface area (Å²) in [5.41, 5.74) is 2.46. The van der Waals surface area contributed by atoms with Crippen LogP contribution >= 0.6 is 0 Å². The van der Waals surface area contributed by atoms with Gasteiger partial charge in [0.05, 0.1) is 0 Å². The van der Waals surface area contributed by atoms with E-state index in [-0.39, 0.29) is 6.04 Å². The third kappa shape index (κ3) is 3.38. The molecule has 1 aromatic rings. The molecule has 0 aliphatic carbocycles. The van der Waals surface area contributed by atoms with Gasteiger partial charge in [0.1, 0.15) is 0 Å². The van der Waals surface area contributed by atoms with Crippen molar-refractivity contribution in [2.75, 3.05) is 6.54 Å². The van der Waals surface area contributed by atoms with Crippen molar-refractivity contribution < 1.29 is 0 Å². The Labute approximate surface area is 92.1 Å². The highest BCUT2D eigenvalue weighted by Crippen LogP contribution is 2.18. The highest BCUT2D eigenvalue weighted by molar-refractivity contribution is 5.26. The molecule has 1 aromatic heterocycles. The van der Waals surface area contributed by atoms with Crippen LogP contribution in [0.2, 0.25) is 0 Å². The number of pyridine rings is 1. The van der Waals surface area contributed by atoms with Gasteiger partial charge in [0.25, 0.3) is 0 Å². The van der Waals surface area contributed by atoms with E-state index < -0.39 is 0 Å². The summed E-state index contributed by atoms with van der Waals surface area (Å²) in [4.78, 5) is 4.15. The zero-order valence-electron chi connectivity index (χ0n) is 9.46. The molecule has 0 saturated heterocycles. The van der Waals surface area contributed by atoms with E-state index in [1.807, 2.05) is 18.5 Å². The molecule has 0 aromatic carbocycles. The third-order valence-electron chi connectivity index (χ3n) is 2.42. The molecular weight excluding hydrogens is 184 g/mol. The third-order valence-corrected chi connectivity index (χ3v) is 2.42. The van der Waals surface area contributed by atoms with E-state index in [2.05, 4.69) is 30.1 Å². The fraction of sp³-hybridized carbons (Fsp3) is 0.462. The lowest BCUT2D eigenvalue weighted by Crippen LogP contribution is -2.22. The standard InChI is InChI=1S/C13H18N2/c1-4-6-13(15-8-5-2)12-10-14-9-7-11(12)3/h1,7,9-10,13,15H,5-6,8H2,2-3H3. The van der Waals surface area contributed by atoms with E-state index in [0.717, 1.165) is 13.0 Å². The molecule has 2 heteroatoms. The number of terminal acetylenes is 1. The molecule has 0 aliphatic heterocycles. The molecule has 0 spiro atoms. The quantitative estimate of drug-likeness (QED) is 0.742. The van der Waals surface area contributed by atoms with Crippen molar-refractivity contribution >= 4 is 0 Å². The van der Waals surface area contributed by atoms with E-state index in [1.54, 1.807) is 0 Å². The van der Waals surface area contributed by atoms with Crippen LogP contribution in [0.25, 0.3) is 0 Å². The normalized spacial score (nSPS) is 12.1. The van der Waals surface area contributed by atoms with Crippen molar-refractivity contribution in [1.82, 2.24) is 10.3 Å². The van der Waals surface area contributed by atoms with Gasteiger partial charge in [-0.3, -0.25) is 4.98 Å². The fourth-order valence-electron chi connectivity index (χ4n) is 1.57. The molecule has 0 radical (unpaired) electrons. The van der Waals surface area contributed by atoms with Gasteiger partial charge in [-0.2, -0.15) is 0 Å². The topological polar surface area (TPSA) is 24.9 Å². The van der Waals surface area contributed by atoms with Gasteiger partial charge in [-0.05, 0) is 37.1 Å². The van der Waals surface area contributed by atoms with Crippen LogP contribution in [0.5, 0.6) is 0 Å². The Hall–Kier alpha value is -1.33. The summed E-state index contributed by atoms with van der Waals surface area (Å²) >= 11 is 0. The molecule has 1 unspecified atom stereocenters. The Kier molecular flexibility index (Phi) is 4.86. The Bertz CT molecular complexity index is 339. The van der Waals surface area contributed by atoms with Gasteiger partial charge in [0.2, 0.25) is 0 Å². The predicted molar refractivity (Wildman–Crippen MR) is 63.5 cm³/mol. The zero-order valence-corrected chi connectivity index (χ0v) is 9.46. The summed E-state index contributed by atoms with van der Waals surface area (Å²) in [5.74, 6) is 2.71. The summed E-state index contributed by atoms with van der Waals surface area (Å²) in [6.07, 6.45) is 10.9. The summed E-state index contributed by atoms with van der Waals surface area (Å²) < 4.78 is 0. The number of rotatable bonds is 5. The van der Waals surface area contributed by atoms with Gasteiger partial charge in [0.15, 0.2) is 0 Å². The van der Waals surface area contributed by atoms with Gasteiger partial charge in [0, 0.05) is 24.9 Å². The minimum absolute atomic E-state index is 0.239. The second kappa shape index (κ2) is 6.21. The van der Waals surface area contributed by atoms with E-state index in [0.29, 0.717) is 6.42 Å². The summed E-state index contributed by atoms with van der Waals surface area (Å²) in [6, 6.07) is 2.26. The van der Waals surface area contributed by atoms with Gasteiger partial charge < -0.3 is 5.32 Å². The Balaban J connectivity index is 2.79. The Morgan fingerprint density at radius 1 is 1.60 bits per heavy atom. The molecule has 1 rings (SSSR count). The number of aromatic nitrogens is 1. The van der Waals surface area contributed by atoms with E-state index in [1.165, 1.54) is 11.1 Å². The van der Waals surface area contributed by atoms with Crippen molar-refractivity contribution in [3.63, 3.8) is 0 Å². The first kappa shape index (κ1) is 11.7. The predicted octanol–water partition coefficient (Wildman–Crippen LogP) is 2.45. The van der Waals surface area contributed by atoms with Crippen LogP contribution in [-0.4, -0.2) is 11.5 Å². The average molecular weight is 202 g/mol. The number of aryl methyl sites for hydroxylation is 1. The largest absolute Gasteiger partial charge is 0.309 e. The van der Waals surface area contributed by atoms with Crippen LogP contribution in [0.4, 0.5) is 0 Å². The molecule has 1 atom stereocenters. The van der Waals surface area contributed by atoms with Crippen LogP contribution in [0.15, 0.2) is 18.5 Å². The lowest BCUT2D eigenvalue weighted by Gasteiger charge is -2.17. The minimum atomic E-state index is 0.239. The van der Waals surface area contributed by atoms with Crippen LogP contribution in [0.1, 0.15) is 36.9 Å². The van der Waals surface area contributed by atoms with Gasteiger partial charge in [-0.25, -0.2) is 0 Å². The maximum Gasteiger partial charge on any atom is 0.0448 e. The summed E-state index contributed by atoms with van der Waals surface area (Å²) in [5, 5.41) is 3.44. The van der Waals surface area contributed by atoms with E-state index >= 15 is 0 Å². The summed E-state index contributed by atoms with van der Waals surface area (Å²) in [7, 11) is 0. The second-order valence-corrected chi connectivity index (χ2v) is 3.65. The smallest absolute Gasteiger partial charge is 0.0448 e. The molecule has 1 heterocycles. The monoisotopic (exact) mass is 202 g/mol. The van der Waals surface area contributed by atoms with Gasteiger partial charge in [-0.1, -0.05) is 6.92 Å². The number of nitrogens with one attached hydrogen (secondary N) is 1. The molecule has 0 saturated carbocycles. The molecule has 0 aliphatic rings. The first-order valence-corrected chi connectivity index (χ1v) is 5.37. The maximum atomic E-state index is 5.38. The van der Waals surface area contributed by atoms with E-state index in [4.69, 9.17) is 6.42 Å². The minimum Gasteiger partial charge on any atom is -0.309 e. The van der Waals surface area contributed by atoms with Crippen molar-refractivity contribution in [3.8, 4) is 12.3 Å². The first-order chi connectivity index (χ1) is 7.29. The number of nitrogens with zero attached hydrogens (tertiary/aromatic N) is 1. The highest BCUT2D eigenvalue weighted by atomic mass is 14.9. The molecule has 0 bridgehead atoms. The molecule has 0 fully saturated rings. The molecule has 1 N–H and O–H groups in total. The van der Waals surface area contributed by atoms with Crippen LogP contribution in [0.3, 0.4) is 0 Å². The van der Waals surface area contributed by atoms with E-state index in [9.17, 15) is 0 Å². The SMILES string of the molecule is C#CCC(NCCC)c1cnccc1C. The Morgan fingerprint density at radius 2 is 2.40 bits per heavy atom. The fourth-order valence-corrected chi connectivity index (χ4v) is 1.57. The molecule has 0 amide bonds. The second-order valence-electron chi connectivity index (χ2n) is 3.65. The van der Waals surface area contributed by atoms with Crippen LogP contribution in [-0.2, 0) is 0 Å².